The smallest absolute Gasteiger partial charge is 0.251 e. The van der Waals surface area contributed by atoms with Gasteiger partial charge < -0.3 is 16.0 Å². The molecule has 7 nitrogen and oxygen atoms in total. The predicted octanol–water partition coefficient (Wildman–Crippen LogP) is 4.94. The van der Waals surface area contributed by atoms with Crippen molar-refractivity contribution in [3.8, 4) is 22.4 Å². The molecule has 3 amide bonds. The largest absolute Gasteiger partial charge is 0.343 e. The van der Waals surface area contributed by atoms with Crippen molar-refractivity contribution in [3.05, 3.63) is 89.6 Å². The molecule has 4 rings (SSSR count). The van der Waals surface area contributed by atoms with Crippen molar-refractivity contribution < 1.29 is 18.8 Å². The molecule has 1 heterocycles. The van der Waals surface area contributed by atoms with Gasteiger partial charge in [0.15, 0.2) is 5.13 Å². The average Bonchev–Trinajstić information content (AvgIpc) is 3.31. The molecule has 0 saturated carbocycles. The van der Waals surface area contributed by atoms with Gasteiger partial charge in [-0.2, -0.15) is 0 Å². The van der Waals surface area contributed by atoms with Gasteiger partial charge in [-0.1, -0.05) is 42.5 Å². The third-order valence-electron chi connectivity index (χ3n) is 4.98. The second-order valence-electron chi connectivity index (χ2n) is 7.59. The van der Waals surface area contributed by atoms with Crippen LogP contribution in [-0.4, -0.2) is 29.3 Å². The number of thiazole rings is 1. The maximum Gasteiger partial charge on any atom is 0.251 e. The van der Waals surface area contributed by atoms with Crippen LogP contribution in [0.2, 0.25) is 0 Å². The van der Waals surface area contributed by atoms with E-state index < -0.39 is 11.7 Å². The van der Waals surface area contributed by atoms with Crippen LogP contribution in [0.5, 0.6) is 0 Å². The lowest BCUT2D eigenvalue weighted by Gasteiger charge is -2.07. The number of nitrogens with one attached hydrogen (secondary N) is 3. The van der Waals surface area contributed by atoms with Crippen molar-refractivity contribution in [1.82, 2.24) is 10.3 Å². The summed E-state index contributed by atoms with van der Waals surface area (Å²) in [6, 6.07) is 21.2. The maximum atomic E-state index is 14.4. The van der Waals surface area contributed by atoms with Crippen LogP contribution in [0.15, 0.2) is 78.2 Å². The summed E-state index contributed by atoms with van der Waals surface area (Å²) in [5.41, 5.74) is 3.40. The number of rotatable bonds is 7. The Bertz CT molecular complexity index is 1370. The molecule has 9 heteroatoms. The van der Waals surface area contributed by atoms with Crippen molar-refractivity contribution in [2.24, 2.45) is 0 Å². The highest BCUT2D eigenvalue weighted by atomic mass is 32.1. The van der Waals surface area contributed by atoms with Crippen molar-refractivity contribution in [2.45, 2.75) is 6.92 Å². The van der Waals surface area contributed by atoms with E-state index in [9.17, 15) is 18.8 Å². The van der Waals surface area contributed by atoms with Crippen LogP contribution in [0.4, 0.5) is 15.2 Å². The molecule has 0 aliphatic carbocycles. The number of carbonyl (C=O) groups is 3. The molecule has 3 N–H and O–H groups in total. The Morgan fingerprint density at radius 1 is 0.914 bits per heavy atom. The van der Waals surface area contributed by atoms with Crippen molar-refractivity contribution in [1.29, 1.82) is 0 Å². The Morgan fingerprint density at radius 2 is 1.63 bits per heavy atom. The molecule has 0 saturated heterocycles. The summed E-state index contributed by atoms with van der Waals surface area (Å²) in [7, 11) is 0. The first-order chi connectivity index (χ1) is 16.9. The fourth-order valence-corrected chi connectivity index (χ4v) is 4.06. The second kappa shape index (κ2) is 10.7. The van der Waals surface area contributed by atoms with E-state index in [0.29, 0.717) is 16.9 Å². The van der Waals surface area contributed by atoms with Crippen LogP contribution in [0.3, 0.4) is 0 Å². The standard InChI is InChI=1S/C26H21FN4O3S/c1-16(32)29-20-11-12-21(22(27)13-20)23-15-35-26(30-23)31-24(33)14-28-25(34)19-9-7-18(8-10-19)17-5-3-2-4-6-17/h2-13,15H,14H2,1H3,(H,28,34)(H,29,32)(H,30,31,33). The number of aromatic nitrogens is 1. The molecular weight excluding hydrogens is 467 g/mol. The monoisotopic (exact) mass is 488 g/mol. The number of carbonyl (C=O) groups excluding carboxylic acids is 3. The molecule has 176 valence electrons. The van der Waals surface area contributed by atoms with Crippen LogP contribution >= 0.6 is 11.3 Å². The van der Waals surface area contributed by atoms with E-state index in [1.54, 1.807) is 23.6 Å². The lowest BCUT2D eigenvalue weighted by atomic mass is 10.0. The molecule has 0 bridgehead atoms. The summed E-state index contributed by atoms with van der Waals surface area (Å²) in [5.74, 6) is -1.68. The average molecular weight is 489 g/mol. The molecule has 4 aromatic rings. The van der Waals surface area contributed by atoms with Gasteiger partial charge in [-0.15, -0.1) is 11.3 Å². The quantitative estimate of drug-likeness (QED) is 0.343. The summed E-state index contributed by atoms with van der Waals surface area (Å²) >= 11 is 1.13. The van der Waals surface area contributed by atoms with Gasteiger partial charge >= 0.3 is 0 Å². The van der Waals surface area contributed by atoms with Crippen LogP contribution in [0.25, 0.3) is 22.4 Å². The van der Waals surface area contributed by atoms with Gasteiger partial charge in [-0.05, 0) is 41.5 Å². The Hall–Kier alpha value is -4.37. The van der Waals surface area contributed by atoms with Gasteiger partial charge in [0.1, 0.15) is 5.82 Å². The summed E-state index contributed by atoms with van der Waals surface area (Å²) in [5, 5.41) is 9.58. The van der Waals surface area contributed by atoms with E-state index in [4.69, 9.17) is 0 Å². The van der Waals surface area contributed by atoms with E-state index in [2.05, 4.69) is 20.9 Å². The highest BCUT2D eigenvalue weighted by Crippen LogP contribution is 2.28. The molecule has 0 fully saturated rings. The first-order valence-electron chi connectivity index (χ1n) is 10.7. The number of halogens is 1. The van der Waals surface area contributed by atoms with Crippen LogP contribution in [-0.2, 0) is 9.59 Å². The highest BCUT2D eigenvalue weighted by molar-refractivity contribution is 7.14. The summed E-state index contributed by atoms with van der Waals surface area (Å²) < 4.78 is 14.4. The van der Waals surface area contributed by atoms with Crippen molar-refractivity contribution in [3.63, 3.8) is 0 Å². The SMILES string of the molecule is CC(=O)Nc1ccc(-c2csc(NC(=O)CNC(=O)c3ccc(-c4ccccc4)cc3)n2)c(F)c1. The molecular formula is C26H21FN4O3S. The number of nitrogens with zero attached hydrogens (tertiary/aromatic N) is 1. The number of benzene rings is 3. The van der Waals surface area contributed by atoms with E-state index in [0.717, 1.165) is 22.5 Å². The molecule has 3 aromatic carbocycles. The summed E-state index contributed by atoms with van der Waals surface area (Å²) in [6.07, 6.45) is 0. The third-order valence-corrected chi connectivity index (χ3v) is 5.74. The van der Waals surface area contributed by atoms with Gasteiger partial charge in [-0.3, -0.25) is 14.4 Å². The molecule has 0 aliphatic rings. The zero-order chi connectivity index (χ0) is 24.8. The Labute approximate surface area is 205 Å². The molecule has 0 aliphatic heterocycles. The predicted molar refractivity (Wildman–Crippen MR) is 135 cm³/mol. The normalized spacial score (nSPS) is 10.5. The third kappa shape index (κ3) is 6.15. The van der Waals surface area contributed by atoms with Gasteiger partial charge in [0, 0.05) is 29.1 Å². The van der Waals surface area contributed by atoms with Crippen LogP contribution in [0.1, 0.15) is 17.3 Å². The van der Waals surface area contributed by atoms with E-state index >= 15 is 0 Å². The number of hydrogen-bond donors (Lipinski definition) is 3. The van der Waals surface area contributed by atoms with Crippen LogP contribution < -0.4 is 16.0 Å². The fraction of sp³-hybridized carbons (Fsp3) is 0.0769. The van der Waals surface area contributed by atoms with Crippen molar-refractivity contribution >= 4 is 39.9 Å². The minimum absolute atomic E-state index is 0.239. The van der Waals surface area contributed by atoms with Crippen LogP contribution in [0, 0.1) is 5.82 Å². The first kappa shape index (κ1) is 23.8. The van der Waals surface area contributed by atoms with Crippen molar-refractivity contribution in [2.75, 3.05) is 17.2 Å². The Balaban J connectivity index is 1.32. The molecule has 35 heavy (non-hydrogen) atoms. The van der Waals surface area contributed by atoms with Gasteiger partial charge in [0.25, 0.3) is 5.91 Å². The lowest BCUT2D eigenvalue weighted by Crippen LogP contribution is -2.32. The minimum atomic E-state index is -0.551. The number of hydrogen-bond acceptors (Lipinski definition) is 5. The zero-order valence-corrected chi connectivity index (χ0v) is 19.5. The van der Waals surface area contributed by atoms with Gasteiger partial charge in [0.2, 0.25) is 11.8 Å². The Morgan fingerprint density at radius 3 is 2.31 bits per heavy atom. The number of anilines is 2. The molecule has 0 spiro atoms. The molecule has 0 atom stereocenters. The zero-order valence-electron chi connectivity index (χ0n) is 18.7. The minimum Gasteiger partial charge on any atom is -0.343 e. The van der Waals surface area contributed by atoms with Gasteiger partial charge in [0.05, 0.1) is 12.2 Å². The van der Waals surface area contributed by atoms with E-state index in [1.807, 2.05) is 42.5 Å². The maximum absolute atomic E-state index is 14.4. The molecule has 0 unspecified atom stereocenters. The second-order valence-corrected chi connectivity index (χ2v) is 8.45. The highest BCUT2D eigenvalue weighted by Gasteiger charge is 2.13. The van der Waals surface area contributed by atoms with Gasteiger partial charge in [-0.25, -0.2) is 9.37 Å². The first-order valence-corrected chi connectivity index (χ1v) is 11.5. The summed E-state index contributed by atoms with van der Waals surface area (Å²) in [6.45, 7) is 1.10. The molecule has 0 radical (unpaired) electrons. The van der Waals surface area contributed by atoms with E-state index in [-0.39, 0.29) is 29.1 Å². The number of amides is 3. The summed E-state index contributed by atoms with van der Waals surface area (Å²) in [4.78, 5) is 40.0. The molecule has 1 aromatic heterocycles. The Kier molecular flexibility index (Phi) is 7.27. The topological polar surface area (TPSA) is 100 Å². The van der Waals surface area contributed by atoms with E-state index in [1.165, 1.54) is 19.1 Å². The fourth-order valence-electron chi connectivity index (χ4n) is 3.33. The lowest BCUT2D eigenvalue weighted by molar-refractivity contribution is -0.115.